The molecule has 0 unspecified atom stereocenters. The van der Waals surface area contributed by atoms with Crippen LogP contribution in [0.15, 0.2) is 18.2 Å². The normalized spacial score (nSPS) is 17.5. The summed E-state index contributed by atoms with van der Waals surface area (Å²) < 4.78 is 31.8. The smallest absolute Gasteiger partial charge is 0.230 e. The van der Waals surface area contributed by atoms with Crippen LogP contribution in [0.5, 0.6) is 0 Å². The Bertz CT molecular complexity index is 516. The minimum atomic E-state index is -0.650. The van der Waals surface area contributed by atoms with Crippen molar-refractivity contribution in [3.8, 4) is 0 Å². The third-order valence-corrected chi connectivity index (χ3v) is 4.06. The van der Waals surface area contributed by atoms with E-state index >= 15 is 0 Å². The van der Waals surface area contributed by atoms with Gasteiger partial charge in [0.05, 0.1) is 5.41 Å². The van der Waals surface area contributed by atoms with Crippen LogP contribution < -0.4 is 5.73 Å². The molecule has 0 spiro atoms. The molecular weight excluding hydrogens is 278 g/mol. The van der Waals surface area contributed by atoms with Crippen LogP contribution in [0.1, 0.15) is 18.4 Å². The summed E-state index contributed by atoms with van der Waals surface area (Å²) in [4.78, 5) is 14.1. The van der Waals surface area contributed by atoms with Crippen LogP contribution in [0.3, 0.4) is 0 Å². The standard InChI is InChI=1S/C15H20F2N2O2/c1-19(9-11-2-3-12(16)8-13(11)17)14(20)15(10-18)4-6-21-7-5-15/h2-3,8H,4-7,9-10,18H2,1H3. The number of ether oxygens (including phenoxy) is 1. The van der Waals surface area contributed by atoms with Gasteiger partial charge in [-0.2, -0.15) is 0 Å². The summed E-state index contributed by atoms with van der Waals surface area (Å²) in [5.41, 5.74) is 5.44. The average molecular weight is 298 g/mol. The highest BCUT2D eigenvalue weighted by Gasteiger charge is 2.40. The molecule has 1 aliphatic rings. The number of hydrogen-bond donors (Lipinski definition) is 1. The van der Waals surface area contributed by atoms with Crippen molar-refractivity contribution in [3.05, 3.63) is 35.4 Å². The molecule has 1 aliphatic heterocycles. The lowest BCUT2D eigenvalue weighted by molar-refractivity contribution is -0.146. The van der Waals surface area contributed by atoms with Gasteiger partial charge in [-0.15, -0.1) is 0 Å². The largest absolute Gasteiger partial charge is 0.381 e. The first kappa shape index (κ1) is 15.9. The molecule has 6 heteroatoms. The Morgan fingerprint density at radius 1 is 1.38 bits per heavy atom. The van der Waals surface area contributed by atoms with E-state index in [1.165, 1.54) is 17.0 Å². The van der Waals surface area contributed by atoms with Gasteiger partial charge in [-0.1, -0.05) is 6.07 Å². The average Bonchev–Trinajstić information content (AvgIpc) is 2.50. The second-order valence-corrected chi connectivity index (χ2v) is 5.49. The van der Waals surface area contributed by atoms with Crippen molar-refractivity contribution in [2.24, 2.45) is 11.1 Å². The summed E-state index contributed by atoms with van der Waals surface area (Å²) in [5, 5.41) is 0. The lowest BCUT2D eigenvalue weighted by Gasteiger charge is -2.37. The van der Waals surface area contributed by atoms with Crippen LogP contribution in [-0.2, 0) is 16.1 Å². The Morgan fingerprint density at radius 2 is 2.05 bits per heavy atom. The molecule has 1 saturated heterocycles. The minimum absolute atomic E-state index is 0.0908. The second-order valence-electron chi connectivity index (χ2n) is 5.49. The molecule has 0 atom stereocenters. The summed E-state index contributed by atoms with van der Waals surface area (Å²) in [6, 6.07) is 3.36. The van der Waals surface area contributed by atoms with Crippen molar-refractivity contribution in [1.29, 1.82) is 0 Å². The van der Waals surface area contributed by atoms with Crippen LogP contribution in [0.25, 0.3) is 0 Å². The topological polar surface area (TPSA) is 55.6 Å². The molecule has 1 aromatic rings. The number of carbonyl (C=O) groups is 1. The zero-order chi connectivity index (χ0) is 15.5. The van der Waals surface area contributed by atoms with Gasteiger partial charge >= 0.3 is 0 Å². The van der Waals surface area contributed by atoms with Gasteiger partial charge in [0.2, 0.25) is 5.91 Å². The van der Waals surface area contributed by atoms with Gasteiger partial charge < -0.3 is 15.4 Å². The summed E-state index contributed by atoms with van der Waals surface area (Å²) in [7, 11) is 1.61. The molecule has 0 saturated carbocycles. The lowest BCUT2D eigenvalue weighted by atomic mass is 9.79. The fourth-order valence-electron chi connectivity index (χ4n) is 2.65. The Kier molecular flexibility index (Phi) is 4.90. The molecule has 116 valence electrons. The van der Waals surface area contributed by atoms with E-state index in [1.54, 1.807) is 7.05 Å². The molecule has 21 heavy (non-hydrogen) atoms. The number of carbonyl (C=O) groups excluding carboxylic acids is 1. The van der Waals surface area contributed by atoms with Gasteiger partial charge in [0.15, 0.2) is 0 Å². The quantitative estimate of drug-likeness (QED) is 0.920. The van der Waals surface area contributed by atoms with Gasteiger partial charge in [-0.25, -0.2) is 8.78 Å². The van der Waals surface area contributed by atoms with Crippen LogP contribution in [-0.4, -0.2) is 37.6 Å². The van der Waals surface area contributed by atoms with E-state index in [4.69, 9.17) is 10.5 Å². The molecule has 2 N–H and O–H groups in total. The molecular formula is C15H20F2N2O2. The summed E-state index contributed by atoms with van der Waals surface area (Å²) in [5.74, 6) is -1.39. The van der Waals surface area contributed by atoms with Crippen molar-refractivity contribution >= 4 is 5.91 Å². The van der Waals surface area contributed by atoms with Crippen LogP contribution in [0.4, 0.5) is 8.78 Å². The van der Waals surface area contributed by atoms with Gasteiger partial charge in [-0.05, 0) is 18.9 Å². The van der Waals surface area contributed by atoms with Gasteiger partial charge in [0, 0.05) is 45.0 Å². The number of nitrogens with zero attached hydrogens (tertiary/aromatic N) is 1. The van der Waals surface area contributed by atoms with Crippen LogP contribution in [0, 0.1) is 17.0 Å². The molecule has 0 bridgehead atoms. The molecule has 4 nitrogen and oxygen atoms in total. The maximum absolute atomic E-state index is 13.7. The molecule has 1 fully saturated rings. The van der Waals surface area contributed by atoms with Gasteiger partial charge in [0.1, 0.15) is 11.6 Å². The number of amides is 1. The van der Waals surface area contributed by atoms with Crippen molar-refractivity contribution < 1.29 is 18.3 Å². The molecule has 1 amide bonds. The Hall–Kier alpha value is -1.53. The highest BCUT2D eigenvalue weighted by atomic mass is 19.1. The summed E-state index contributed by atoms with van der Waals surface area (Å²) >= 11 is 0. The maximum atomic E-state index is 13.7. The Labute approximate surface area is 122 Å². The minimum Gasteiger partial charge on any atom is -0.381 e. The van der Waals surface area contributed by atoms with E-state index in [1.807, 2.05) is 0 Å². The first-order valence-electron chi connectivity index (χ1n) is 6.96. The van der Waals surface area contributed by atoms with Crippen molar-refractivity contribution in [2.45, 2.75) is 19.4 Å². The Balaban J connectivity index is 2.11. The SMILES string of the molecule is CN(Cc1ccc(F)cc1F)C(=O)C1(CN)CCOCC1. The van der Waals surface area contributed by atoms with Crippen LogP contribution >= 0.6 is 0 Å². The number of benzene rings is 1. The molecule has 1 heterocycles. The zero-order valence-corrected chi connectivity index (χ0v) is 12.1. The zero-order valence-electron chi connectivity index (χ0n) is 12.1. The van der Waals surface area contributed by atoms with E-state index in [9.17, 15) is 13.6 Å². The molecule has 2 rings (SSSR count). The van der Waals surface area contributed by atoms with Crippen molar-refractivity contribution in [1.82, 2.24) is 4.90 Å². The lowest BCUT2D eigenvalue weighted by Crippen LogP contribution is -2.49. The predicted molar refractivity (Wildman–Crippen MR) is 74.4 cm³/mol. The van der Waals surface area contributed by atoms with Crippen LogP contribution in [0.2, 0.25) is 0 Å². The Morgan fingerprint density at radius 3 is 2.62 bits per heavy atom. The maximum Gasteiger partial charge on any atom is 0.230 e. The van der Waals surface area contributed by atoms with Crippen molar-refractivity contribution in [2.75, 3.05) is 26.8 Å². The summed E-state index contributed by atoms with van der Waals surface area (Å²) in [6.07, 6.45) is 1.14. The second kappa shape index (κ2) is 6.49. The number of rotatable bonds is 4. The third-order valence-electron chi connectivity index (χ3n) is 4.06. The van der Waals surface area contributed by atoms with Gasteiger partial charge in [0.25, 0.3) is 0 Å². The number of nitrogens with two attached hydrogens (primary N) is 1. The van der Waals surface area contributed by atoms with Gasteiger partial charge in [-0.3, -0.25) is 4.79 Å². The molecule has 1 aromatic carbocycles. The molecule has 0 aliphatic carbocycles. The monoisotopic (exact) mass is 298 g/mol. The summed E-state index contributed by atoms with van der Waals surface area (Å²) in [6.45, 7) is 1.34. The first-order chi connectivity index (χ1) is 9.98. The van der Waals surface area contributed by atoms with E-state index in [-0.39, 0.29) is 24.6 Å². The van der Waals surface area contributed by atoms with Crippen molar-refractivity contribution in [3.63, 3.8) is 0 Å². The fraction of sp³-hybridized carbons (Fsp3) is 0.533. The predicted octanol–water partition coefficient (Wildman–Crippen LogP) is 1.68. The first-order valence-corrected chi connectivity index (χ1v) is 6.96. The fourth-order valence-corrected chi connectivity index (χ4v) is 2.65. The number of halogens is 2. The van der Waals surface area contributed by atoms with E-state index in [0.717, 1.165) is 6.07 Å². The van der Waals surface area contributed by atoms with E-state index in [2.05, 4.69) is 0 Å². The highest BCUT2D eigenvalue weighted by molar-refractivity contribution is 5.83. The third kappa shape index (κ3) is 3.39. The molecule has 0 aromatic heterocycles. The highest BCUT2D eigenvalue weighted by Crippen LogP contribution is 2.31. The number of hydrogen-bond acceptors (Lipinski definition) is 3. The molecule has 0 radical (unpaired) electrons. The van der Waals surface area contributed by atoms with E-state index in [0.29, 0.717) is 26.1 Å². The van der Waals surface area contributed by atoms with E-state index < -0.39 is 17.0 Å².